The van der Waals surface area contributed by atoms with E-state index in [1.807, 2.05) is 42.5 Å². The van der Waals surface area contributed by atoms with Crippen LogP contribution in [0.4, 0.5) is 0 Å². The first-order valence-corrected chi connectivity index (χ1v) is 12.0. The van der Waals surface area contributed by atoms with Gasteiger partial charge in [0.1, 0.15) is 0 Å². The Hall–Kier alpha value is -3.74. The van der Waals surface area contributed by atoms with Crippen molar-refractivity contribution >= 4 is 81.4 Å². The van der Waals surface area contributed by atoms with Crippen LogP contribution in [0.15, 0.2) is 36.4 Å². The summed E-state index contributed by atoms with van der Waals surface area (Å²) < 4.78 is 3.26. The molecule has 2 heterocycles. The molecule has 0 radical (unpaired) electrons. The number of nitriles is 3. The zero-order chi connectivity index (χ0) is 20.8. The Morgan fingerprint density at radius 1 is 0.800 bits per heavy atom. The molecule has 0 fully saturated rings. The van der Waals surface area contributed by atoms with E-state index >= 15 is 0 Å². The minimum absolute atomic E-state index is 0.0624. The second kappa shape index (κ2) is 6.95. The molecule has 5 rings (SSSR count). The molecule has 0 aliphatic carbocycles. The van der Waals surface area contributed by atoms with Crippen molar-refractivity contribution in [3.63, 3.8) is 0 Å². The van der Waals surface area contributed by atoms with Crippen molar-refractivity contribution in [2.24, 2.45) is 0 Å². The van der Waals surface area contributed by atoms with E-state index in [-0.39, 0.29) is 40.3 Å². The van der Waals surface area contributed by atoms with E-state index in [2.05, 4.69) is 26.9 Å². The Labute approximate surface area is 181 Å². The van der Waals surface area contributed by atoms with Crippen LogP contribution in [0, 0.1) is 40.6 Å². The van der Waals surface area contributed by atoms with Crippen LogP contribution in [-0.2, 0) is 0 Å². The Balaban J connectivity index is 1.88. The van der Waals surface area contributed by atoms with Gasteiger partial charge in [-0.15, -0.1) is 0 Å². The Morgan fingerprint density at radius 3 is 1.83 bits per heavy atom. The fourth-order valence-corrected chi connectivity index (χ4v) is 7.25. The molecule has 0 saturated heterocycles. The van der Waals surface area contributed by atoms with E-state index < -0.39 is 0 Å². The van der Waals surface area contributed by atoms with E-state index in [0.29, 0.717) is 8.45 Å². The van der Waals surface area contributed by atoms with E-state index in [1.165, 1.54) is 0 Å². The molecule has 0 saturated carbocycles. The summed E-state index contributed by atoms with van der Waals surface area (Å²) in [7, 11) is 0. The first-order chi connectivity index (χ1) is 14.6. The van der Waals surface area contributed by atoms with Gasteiger partial charge in [0.25, 0.3) is 0 Å². The second-order valence-corrected chi connectivity index (χ2v) is 10.7. The molecule has 0 spiro atoms. The van der Waals surface area contributed by atoms with Gasteiger partial charge in [0.15, 0.2) is 0 Å². The van der Waals surface area contributed by atoms with E-state index in [4.69, 9.17) is 22.4 Å². The first kappa shape index (κ1) is 18.3. The predicted octanol–water partition coefficient (Wildman–Crippen LogP) is 1.95. The first-order valence-electron chi connectivity index (χ1n) is 8.55. The van der Waals surface area contributed by atoms with Crippen LogP contribution in [0.2, 0.25) is 0 Å². The number of benzene rings is 3. The number of aromatic nitrogens is 2. The zero-order valence-electron chi connectivity index (χ0n) is 15.0. The molecule has 5 aromatic rings. The van der Waals surface area contributed by atoms with Gasteiger partial charge >= 0.3 is 182 Å². The van der Waals surface area contributed by atoms with E-state index in [1.54, 1.807) is 0 Å². The summed E-state index contributed by atoms with van der Waals surface area (Å²) >= 11 is -0.364. The average molecular weight is 512 g/mol. The van der Waals surface area contributed by atoms with Crippen molar-refractivity contribution in [3.8, 4) is 18.2 Å². The Morgan fingerprint density at radius 2 is 1.33 bits per heavy atom. The van der Waals surface area contributed by atoms with Gasteiger partial charge in [0.2, 0.25) is 0 Å². The molecule has 0 bridgehead atoms. The third kappa shape index (κ3) is 2.74. The third-order valence-electron chi connectivity index (χ3n) is 4.71. The number of fused-ring (bicyclic) bond motifs is 5. The van der Waals surface area contributed by atoms with Crippen molar-refractivity contribution in [1.82, 2.24) is 9.97 Å². The summed E-state index contributed by atoms with van der Waals surface area (Å²) in [6.07, 6.45) is 0. The summed E-state index contributed by atoms with van der Waals surface area (Å²) in [6.45, 7) is 7.17. The Kier molecular flexibility index (Phi) is 4.24. The summed E-state index contributed by atoms with van der Waals surface area (Å²) in [5.41, 5.74) is 1.79. The van der Waals surface area contributed by atoms with Crippen LogP contribution < -0.4 is 8.45 Å². The quantitative estimate of drug-likeness (QED) is 0.179. The summed E-state index contributed by atoms with van der Waals surface area (Å²) in [5.74, 6) is 0. The van der Waals surface area contributed by atoms with Gasteiger partial charge in [-0.2, -0.15) is 0 Å². The fraction of sp³-hybridized carbons (Fsp3) is 0. The van der Waals surface area contributed by atoms with E-state index in [0.717, 1.165) is 41.1 Å². The molecule has 3 aromatic carbocycles. The van der Waals surface area contributed by atoms with Gasteiger partial charge in [0.05, 0.1) is 0 Å². The predicted molar refractivity (Wildman–Crippen MR) is 115 cm³/mol. The van der Waals surface area contributed by atoms with Crippen LogP contribution in [0.25, 0.3) is 57.2 Å². The van der Waals surface area contributed by atoms with Crippen LogP contribution >= 0.6 is 0 Å². The van der Waals surface area contributed by atoms with Crippen LogP contribution in [0.5, 0.6) is 0 Å². The normalized spacial score (nSPS) is 11.7. The van der Waals surface area contributed by atoms with Crippen LogP contribution in [0.3, 0.4) is 0 Å². The zero-order valence-corrected chi connectivity index (χ0v) is 18.4. The Bertz CT molecular complexity index is 1680. The summed E-state index contributed by atoms with van der Waals surface area (Å²) in [4.78, 5) is 12.3. The van der Waals surface area contributed by atoms with Gasteiger partial charge in [0, 0.05) is 0 Å². The molecule has 0 N–H and O–H groups in total. The molecular formula is C22H6N6Se2. The van der Waals surface area contributed by atoms with Crippen molar-refractivity contribution in [2.45, 2.75) is 0 Å². The molecule has 0 amide bonds. The third-order valence-corrected chi connectivity index (χ3v) is 9.03. The SMILES string of the molecule is [C-]#[N+]/C(C#N)=c1\nc2cc3ccc4cc5nc(=C(C#N)C#N)[se]c5cc4c3cc2[se]1. The van der Waals surface area contributed by atoms with E-state index in [9.17, 15) is 0 Å². The van der Waals surface area contributed by atoms with Gasteiger partial charge < -0.3 is 0 Å². The maximum atomic E-state index is 9.16. The number of nitrogens with zero attached hydrogens (tertiary/aromatic N) is 6. The van der Waals surface area contributed by atoms with Crippen molar-refractivity contribution < 1.29 is 0 Å². The molecule has 0 unspecified atom stereocenters. The van der Waals surface area contributed by atoms with Crippen LogP contribution in [0.1, 0.15) is 0 Å². The maximum absolute atomic E-state index is 9.16. The molecule has 0 aliphatic rings. The molecule has 2 aromatic heterocycles. The second-order valence-electron chi connectivity index (χ2n) is 6.36. The molecule has 8 heteroatoms. The van der Waals surface area contributed by atoms with Crippen molar-refractivity contribution in [2.75, 3.05) is 0 Å². The topological polar surface area (TPSA) is 102 Å². The van der Waals surface area contributed by atoms with Gasteiger partial charge in [-0.1, -0.05) is 0 Å². The van der Waals surface area contributed by atoms with Crippen molar-refractivity contribution in [3.05, 3.63) is 56.3 Å². The molecule has 0 atom stereocenters. The average Bonchev–Trinajstić information content (AvgIpc) is 3.35. The van der Waals surface area contributed by atoms with Gasteiger partial charge in [-0.3, -0.25) is 0 Å². The van der Waals surface area contributed by atoms with Crippen molar-refractivity contribution in [1.29, 1.82) is 15.8 Å². The summed E-state index contributed by atoms with van der Waals surface area (Å²) in [6, 6.07) is 18.1. The van der Waals surface area contributed by atoms with Gasteiger partial charge in [-0.25, -0.2) is 0 Å². The molecule has 30 heavy (non-hydrogen) atoms. The monoisotopic (exact) mass is 514 g/mol. The number of rotatable bonds is 0. The standard InChI is InChI=1S/C22H6N6Se2/c1-26-18(10-25)22-28-17-5-12-3-2-11-4-16-19(29-21(27-16)13(8-23)9-24)6-14(11)15(12)7-20(17)30-22/h2-7H/b22-18+. The minimum atomic E-state index is -0.185. The number of hydrogen-bond donors (Lipinski definition) is 0. The van der Waals surface area contributed by atoms with Gasteiger partial charge in [-0.05, 0) is 0 Å². The fourth-order valence-electron chi connectivity index (χ4n) is 3.35. The molecule has 6 nitrogen and oxygen atoms in total. The molecular weight excluding hydrogens is 506 g/mol. The molecule has 136 valence electrons. The van der Waals surface area contributed by atoms with Crippen LogP contribution in [-0.4, -0.2) is 39.0 Å². The summed E-state index contributed by atoms with van der Waals surface area (Å²) in [5, 5.41) is 31.7. The molecule has 0 aliphatic heterocycles. The number of hydrogen-bond acceptors (Lipinski definition) is 5.